The summed E-state index contributed by atoms with van der Waals surface area (Å²) in [7, 11) is 1.60. The minimum atomic E-state index is -0.0163. The Morgan fingerprint density at radius 1 is 1.27 bits per heavy atom. The minimum absolute atomic E-state index is 0.0163. The zero-order valence-electron chi connectivity index (χ0n) is 19.1. The average Bonchev–Trinajstić information content (AvgIpc) is 3.18. The summed E-state index contributed by atoms with van der Waals surface area (Å²) in [5.41, 5.74) is 3.49. The molecule has 3 aromatic rings. The number of fused-ring (bicyclic) bond motifs is 1. The highest BCUT2D eigenvalue weighted by molar-refractivity contribution is 6.40. The third kappa shape index (κ3) is 4.57. The van der Waals surface area contributed by atoms with Crippen LogP contribution < -0.4 is 4.74 Å². The van der Waals surface area contributed by atoms with Gasteiger partial charge in [0.25, 0.3) is 0 Å². The van der Waals surface area contributed by atoms with Crippen molar-refractivity contribution in [2.75, 3.05) is 20.2 Å². The van der Waals surface area contributed by atoms with Crippen molar-refractivity contribution in [3.05, 3.63) is 64.6 Å². The Kier molecular flexibility index (Phi) is 6.91. The van der Waals surface area contributed by atoms with Crippen molar-refractivity contribution in [1.29, 1.82) is 0 Å². The summed E-state index contributed by atoms with van der Waals surface area (Å²) in [6, 6.07) is 7.85. The first-order valence-corrected chi connectivity index (χ1v) is 11.8. The molecule has 5 nitrogen and oxygen atoms in total. The number of rotatable bonds is 6. The second-order valence-electron chi connectivity index (χ2n) is 8.54. The van der Waals surface area contributed by atoms with E-state index in [2.05, 4.69) is 18.5 Å². The van der Waals surface area contributed by atoms with Crippen LogP contribution in [0.3, 0.4) is 0 Å². The van der Waals surface area contributed by atoms with Crippen LogP contribution in [0.5, 0.6) is 5.75 Å². The van der Waals surface area contributed by atoms with Crippen LogP contribution in [0, 0.1) is 11.8 Å². The van der Waals surface area contributed by atoms with Crippen LogP contribution >= 0.6 is 23.2 Å². The number of hydrogen-bond acceptors (Lipinski definition) is 4. The summed E-state index contributed by atoms with van der Waals surface area (Å²) in [4.78, 5) is 23.2. The minimum Gasteiger partial charge on any atom is -0.495 e. The number of benzene rings is 2. The molecule has 172 valence electrons. The number of aromatic nitrogens is 2. The van der Waals surface area contributed by atoms with Gasteiger partial charge in [-0.1, -0.05) is 49.7 Å². The summed E-state index contributed by atoms with van der Waals surface area (Å²) in [6.45, 7) is 9.26. The van der Waals surface area contributed by atoms with Crippen molar-refractivity contribution in [2.45, 2.75) is 26.7 Å². The zero-order chi connectivity index (χ0) is 23.7. The number of ether oxygens (including phenoxy) is 1. The predicted molar refractivity (Wildman–Crippen MR) is 134 cm³/mol. The Labute approximate surface area is 204 Å². The van der Waals surface area contributed by atoms with Gasteiger partial charge >= 0.3 is 0 Å². The van der Waals surface area contributed by atoms with Crippen molar-refractivity contribution in [1.82, 2.24) is 14.9 Å². The number of hydrogen-bond donors (Lipinski definition) is 0. The highest BCUT2D eigenvalue weighted by atomic mass is 35.5. The maximum absolute atomic E-state index is 12.0. The number of carbonyl (C=O) groups excluding carboxylic acids is 1. The third-order valence-corrected chi connectivity index (χ3v) is 7.27. The standard InChI is InChI=1S/C26H27Cl2N3O2/c1-5-16-10-21(33-4)26(28)24(25(16)27)17-7-8-20-18(9-17)12-29-22(30-20)11-19-14-31(13-15(19)3)23(32)6-2/h6-10,12,15,19H,2,5,11,13-14H2,1,3-4H3/t15-,19-/m0/s1. The van der Waals surface area contributed by atoms with Gasteiger partial charge in [-0.2, -0.15) is 0 Å². The molecule has 0 aliphatic carbocycles. The molecule has 1 amide bonds. The normalized spacial score (nSPS) is 18.0. The molecule has 0 N–H and O–H groups in total. The fraction of sp³-hybridized carbons (Fsp3) is 0.346. The summed E-state index contributed by atoms with van der Waals surface area (Å²) < 4.78 is 5.46. The van der Waals surface area contributed by atoms with Crippen molar-refractivity contribution >= 4 is 40.0 Å². The summed E-state index contributed by atoms with van der Waals surface area (Å²) >= 11 is 13.3. The fourth-order valence-corrected chi connectivity index (χ4v) is 5.27. The quantitative estimate of drug-likeness (QED) is 0.403. The predicted octanol–water partition coefficient (Wildman–Crippen LogP) is 6.00. The van der Waals surface area contributed by atoms with Crippen LogP contribution in [0.2, 0.25) is 10.0 Å². The molecule has 1 aliphatic rings. The first-order valence-electron chi connectivity index (χ1n) is 11.1. The Hall–Kier alpha value is -2.63. The molecule has 33 heavy (non-hydrogen) atoms. The monoisotopic (exact) mass is 483 g/mol. The van der Waals surface area contributed by atoms with Crippen LogP contribution in [0.4, 0.5) is 0 Å². The molecule has 7 heteroatoms. The lowest BCUT2D eigenvalue weighted by Crippen LogP contribution is -2.27. The van der Waals surface area contributed by atoms with Gasteiger partial charge in [-0.15, -0.1) is 0 Å². The molecule has 0 saturated carbocycles. The van der Waals surface area contributed by atoms with Crippen LogP contribution in [0.1, 0.15) is 25.2 Å². The van der Waals surface area contributed by atoms with Gasteiger partial charge in [0, 0.05) is 36.7 Å². The molecule has 1 fully saturated rings. The van der Waals surface area contributed by atoms with E-state index in [9.17, 15) is 4.79 Å². The molecule has 0 unspecified atom stereocenters. The molecule has 0 spiro atoms. The van der Waals surface area contributed by atoms with E-state index in [1.165, 1.54) is 6.08 Å². The SMILES string of the molecule is C=CC(=O)N1C[C@H](Cc2ncc3cc(-c4c(Cl)c(CC)cc(OC)c4Cl)ccc3n2)[C@@H](C)C1. The molecule has 1 aliphatic heterocycles. The molecule has 2 heterocycles. The van der Waals surface area contributed by atoms with Crippen molar-refractivity contribution in [2.24, 2.45) is 11.8 Å². The lowest BCUT2D eigenvalue weighted by Gasteiger charge is -2.16. The third-order valence-electron chi connectivity index (χ3n) is 6.46. The molecule has 1 saturated heterocycles. The lowest BCUT2D eigenvalue weighted by atomic mass is 9.94. The summed E-state index contributed by atoms with van der Waals surface area (Å²) in [6.07, 6.45) is 4.72. The molecular formula is C26H27Cl2N3O2. The van der Waals surface area contributed by atoms with Crippen molar-refractivity contribution in [3.8, 4) is 16.9 Å². The molecule has 2 aromatic carbocycles. The Bertz CT molecular complexity index is 1200. The van der Waals surface area contributed by atoms with Crippen LogP contribution in [-0.2, 0) is 17.6 Å². The Morgan fingerprint density at radius 2 is 2.06 bits per heavy atom. The second-order valence-corrected chi connectivity index (χ2v) is 9.30. The number of methoxy groups -OCH3 is 1. The van der Waals surface area contributed by atoms with Gasteiger partial charge < -0.3 is 9.64 Å². The van der Waals surface area contributed by atoms with Crippen LogP contribution in [0.15, 0.2) is 43.1 Å². The number of carbonyl (C=O) groups is 1. The van der Waals surface area contributed by atoms with Gasteiger partial charge in [0.15, 0.2) is 0 Å². The maximum Gasteiger partial charge on any atom is 0.245 e. The highest BCUT2D eigenvalue weighted by Crippen LogP contribution is 2.43. The van der Waals surface area contributed by atoms with E-state index in [0.29, 0.717) is 34.2 Å². The van der Waals surface area contributed by atoms with E-state index < -0.39 is 0 Å². The van der Waals surface area contributed by atoms with E-state index in [1.807, 2.05) is 42.3 Å². The molecule has 0 bridgehead atoms. The number of aryl methyl sites for hydroxylation is 1. The Balaban J connectivity index is 1.63. The zero-order valence-corrected chi connectivity index (χ0v) is 20.6. The van der Waals surface area contributed by atoms with Crippen molar-refractivity contribution in [3.63, 3.8) is 0 Å². The summed E-state index contributed by atoms with van der Waals surface area (Å²) in [5.74, 6) is 2.09. The van der Waals surface area contributed by atoms with E-state index in [0.717, 1.165) is 52.8 Å². The van der Waals surface area contributed by atoms with Gasteiger partial charge in [0.2, 0.25) is 5.91 Å². The van der Waals surface area contributed by atoms with Crippen LogP contribution in [-0.4, -0.2) is 41.0 Å². The molecular weight excluding hydrogens is 457 g/mol. The number of likely N-dealkylation sites (tertiary alicyclic amines) is 1. The van der Waals surface area contributed by atoms with E-state index in [-0.39, 0.29) is 5.91 Å². The van der Waals surface area contributed by atoms with Gasteiger partial charge in [0.1, 0.15) is 11.6 Å². The average molecular weight is 484 g/mol. The number of nitrogens with zero attached hydrogens (tertiary/aromatic N) is 3. The first-order chi connectivity index (χ1) is 15.9. The largest absolute Gasteiger partial charge is 0.495 e. The second kappa shape index (κ2) is 9.70. The van der Waals surface area contributed by atoms with E-state index in [4.69, 9.17) is 32.9 Å². The lowest BCUT2D eigenvalue weighted by molar-refractivity contribution is -0.125. The van der Waals surface area contributed by atoms with Gasteiger partial charge in [0.05, 0.1) is 22.7 Å². The molecule has 2 atom stereocenters. The van der Waals surface area contributed by atoms with Gasteiger partial charge in [-0.3, -0.25) is 4.79 Å². The van der Waals surface area contributed by atoms with E-state index in [1.54, 1.807) is 7.11 Å². The van der Waals surface area contributed by atoms with Crippen LogP contribution in [0.25, 0.3) is 22.0 Å². The van der Waals surface area contributed by atoms with Crippen molar-refractivity contribution < 1.29 is 9.53 Å². The summed E-state index contributed by atoms with van der Waals surface area (Å²) in [5, 5.41) is 2.03. The molecule has 1 aromatic heterocycles. The number of amides is 1. The topological polar surface area (TPSA) is 55.3 Å². The van der Waals surface area contributed by atoms with E-state index >= 15 is 0 Å². The Morgan fingerprint density at radius 3 is 2.76 bits per heavy atom. The first kappa shape index (κ1) is 23.5. The molecule has 0 radical (unpaired) electrons. The smallest absolute Gasteiger partial charge is 0.245 e. The fourth-order valence-electron chi connectivity index (χ4n) is 4.49. The maximum atomic E-state index is 12.0. The highest BCUT2D eigenvalue weighted by Gasteiger charge is 2.32. The van der Waals surface area contributed by atoms with Gasteiger partial charge in [-0.05, 0) is 53.7 Å². The molecule has 4 rings (SSSR count). The number of halogens is 2. The van der Waals surface area contributed by atoms with Gasteiger partial charge in [-0.25, -0.2) is 9.97 Å².